The van der Waals surface area contributed by atoms with Crippen LogP contribution in [0.1, 0.15) is 0 Å². The molecule has 0 aliphatic carbocycles. The number of nitrogens with one attached hydrogen (secondary N) is 1. The number of aromatic nitrogens is 1. The van der Waals surface area contributed by atoms with Crippen molar-refractivity contribution in [1.29, 1.82) is 0 Å². The van der Waals surface area contributed by atoms with Gasteiger partial charge >= 0.3 is 0 Å². The van der Waals surface area contributed by atoms with Crippen molar-refractivity contribution < 1.29 is 4.74 Å². The van der Waals surface area contributed by atoms with E-state index in [1.807, 2.05) is 24.3 Å². The minimum absolute atomic E-state index is 0.525. The fourth-order valence-corrected chi connectivity index (χ4v) is 1.27. The number of hydrogen-bond acceptors (Lipinski definition) is 4. The van der Waals surface area contributed by atoms with E-state index in [1.165, 1.54) is 0 Å². The van der Waals surface area contributed by atoms with Gasteiger partial charge in [-0.25, -0.2) is 0 Å². The molecule has 1 heterocycles. The zero-order chi connectivity index (χ0) is 11.4. The Kier molecular flexibility index (Phi) is 2.91. The molecule has 0 spiro atoms. The molecule has 0 saturated heterocycles. The molecule has 81 valence electrons. The van der Waals surface area contributed by atoms with Crippen LogP contribution in [0.2, 0.25) is 0 Å². The highest BCUT2D eigenvalue weighted by atomic mass is 16.5. The van der Waals surface area contributed by atoms with Gasteiger partial charge in [0.2, 0.25) is 5.88 Å². The van der Waals surface area contributed by atoms with Crippen LogP contribution in [0.15, 0.2) is 36.4 Å². The van der Waals surface area contributed by atoms with Crippen molar-refractivity contribution in [2.75, 3.05) is 18.2 Å². The van der Waals surface area contributed by atoms with E-state index in [4.69, 9.17) is 10.5 Å². The Hall–Kier alpha value is -2.23. The van der Waals surface area contributed by atoms with E-state index in [9.17, 15) is 0 Å². The summed E-state index contributed by atoms with van der Waals surface area (Å²) in [5, 5.41) is 3.10. The van der Waals surface area contributed by atoms with E-state index in [0.717, 1.165) is 5.69 Å². The lowest BCUT2D eigenvalue weighted by molar-refractivity contribution is 0.398. The summed E-state index contributed by atoms with van der Waals surface area (Å²) in [4.78, 5) is 4.21. The third kappa shape index (κ3) is 2.23. The second kappa shape index (κ2) is 4.53. The summed E-state index contributed by atoms with van der Waals surface area (Å²) in [6.45, 7) is 0. The molecule has 2 aromatic rings. The number of benzene rings is 1. The maximum Gasteiger partial charge on any atom is 0.215 e. The second-order valence-corrected chi connectivity index (χ2v) is 3.21. The standard InChI is InChI=1S/C12H12N3O/c1-16-11-8-7-10(13)12(15-11)14-9-5-3-2-4-6-9/h2-3,5-8H,13H2,1H3,(H,14,15). The van der Waals surface area contributed by atoms with Gasteiger partial charge in [-0.3, -0.25) is 0 Å². The van der Waals surface area contributed by atoms with Gasteiger partial charge in [-0.1, -0.05) is 12.1 Å². The van der Waals surface area contributed by atoms with Crippen molar-refractivity contribution >= 4 is 17.2 Å². The van der Waals surface area contributed by atoms with Gasteiger partial charge in [-0.2, -0.15) is 4.98 Å². The van der Waals surface area contributed by atoms with Crippen LogP contribution >= 0.6 is 0 Å². The first-order chi connectivity index (χ1) is 7.79. The number of nitrogens with zero attached hydrogens (tertiary/aromatic N) is 1. The van der Waals surface area contributed by atoms with Crippen molar-refractivity contribution in [1.82, 2.24) is 4.98 Å². The molecule has 1 aromatic carbocycles. The average Bonchev–Trinajstić information content (AvgIpc) is 2.33. The first kappa shape index (κ1) is 10.3. The summed E-state index contributed by atoms with van der Waals surface area (Å²) >= 11 is 0. The van der Waals surface area contributed by atoms with Gasteiger partial charge in [-0.15, -0.1) is 0 Å². The molecule has 0 amide bonds. The zero-order valence-electron chi connectivity index (χ0n) is 8.90. The topological polar surface area (TPSA) is 60.2 Å². The van der Waals surface area contributed by atoms with Gasteiger partial charge < -0.3 is 15.8 Å². The Morgan fingerprint density at radius 2 is 2.25 bits per heavy atom. The maximum absolute atomic E-state index is 5.80. The number of anilines is 3. The molecule has 4 heteroatoms. The Bertz CT molecular complexity index is 471. The molecular weight excluding hydrogens is 202 g/mol. The molecule has 3 N–H and O–H groups in total. The van der Waals surface area contributed by atoms with Gasteiger partial charge in [-0.05, 0) is 24.3 Å². The van der Waals surface area contributed by atoms with Crippen molar-refractivity contribution in [3.05, 3.63) is 42.5 Å². The van der Waals surface area contributed by atoms with E-state index >= 15 is 0 Å². The van der Waals surface area contributed by atoms with Crippen molar-refractivity contribution in [2.45, 2.75) is 0 Å². The lowest BCUT2D eigenvalue weighted by Crippen LogP contribution is -2.00. The van der Waals surface area contributed by atoms with Crippen LogP contribution in [-0.4, -0.2) is 12.1 Å². The van der Waals surface area contributed by atoms with Crippen molar-refractivity contribution in [3.63, 3.8) is 0 Å². The van der Waals surface area contributed by atoms with Gasteiger partial charge in [0.15, 0.2) is 5.82 Å². The quantitative estimate of drug-likeness (QED) is 0.822. The summed E-state index contributed by atoms with van der Waals surface area (Å²) in [5.74, 6) is 1.11. The van der Waals surface area contributed by atoms with E-state index in [-0.39, 0.29) is 0 Å². The molecule has 4 nitrogen and oxygen atoms in total. The van der Waals surface area contributed by atoms with Crippen LogP contribution in [0.4, 0.5) is 17.2 Å². The van der Waals surface area contributed by atoms with Gasteiger partial charge in [0.25, 0.3) is 0 Å². The molecule has 1 aromatic heterocycles. The normalized spacial score (nSPS) is 9.81. The average molecular weight is 214 g/mol. The fraction of sp³-hybridized carbons (Fsp3) is 0.0833. The Balaban J connectivity index is 2.27. The molecular formula is C12H12N3O. The Morgan fingerprint density at radius 3 is 2.94 bits per heavy atom. The summed E-state index contributed by atoms with van der Waals surface area (Å²) < 4.78 is 5.03. The van der Waals surface area contributed by atoms with Gasteiger partial charge in [0, 0.05) is 11.8 Å². The number of methoxy groups -OCH3 is 1. The summed E-state index contributed by atoms with van der Waals surface area (Å²) in [5.41, 5.74) is 7.26. The molecule has 1 radical (unpaired) electrons. The zero-order valence-corrected chi connectivity index (χ0v) is 8.90. The lowest BCUT2D eigenvalue weighted by atomic mass is 10.3. The number of ether oxygens (including phenoxy) is 1. The molecule has 16 heavy (non-hydrogen) atoms. The minimum atomic E-state index is 0.525. The minimum Gasteiger partial charge on any atom is -0.481 e. The number of rotatable bonds is 3. The predicted molar refractivity (Wildman–Crippen MR) is 63.8 cm³/mol. The van der Waals surface area contributed by atoms with Crippen LogP contribution < -0.4 is 15.8 Å². The fourth-order valence-electron chi connectivity index (χ4n) is 1.27. The molecule has 2 rings (SSSR count). The molecule has 0 aliphatic heterocycles. The SMILES string of the molecule is COc1ccc(N)c(Nc2c[c]ccc2)n1. The lowest BCUT2D eigenvalue weighted by Gasteiger charge is -2.09. The summed E-state index contributed by atoms with van der Waals surface area (Å²) in [6, 6.07) is 13.9. The highest BCUT2D eigenvalue weighted by molar-refractivity contribution is 5.68. The molecule has 0 unspecified atom stereocenters. The van der Waals surface area contributed by atoms with E-state index in [1.54, 1.807) is 19.2 Å². The van der Waals surface area contributed by atoms with Gasteiger partial charge in [0.1, 0.15) is 0 Å². The molecule has 0 bridgehead atoms. The predicted octanol–water partition coefficient (Wildman–Crippen LogP) is 2.22. The number of hydrogen-bond donors (Lipinski definition) is 2. The number of pyridine rings is 1. The highest BCUT2D eigenvalue weighted by Gasteiger charge is 2.03. The molecule has 0 aliphatic rings. The van der Waals surface area contributed by atoms with Crippen LogP contribution in [0.25, 0.3) is 0 Å². The highest BCUT2D eigenvalue weighted by Crippen LogP contribution is 2.23. The van der Waals surface area contributed by atoms with E-state index in [0.29, 0.717) is 17.4 Å². The van der Waals surface area contributed by atoms with E-state index in [2.05, 4.69) is 16.4 Å². The third-order valence-corrected chi connectivity index (χ3v) is 2.08. The van der Waals surface area contributed by atoms with E-state index < -0.39 is 0 Å². The van der Waals surface area contributed by atoms with Crippen LogP contribution in [0.5, 0.6) is 5.88 Å². The maximum atomic E-state index is 5.80. The molecule has 0 fully saturated rings. The monoisotopic (exact) mass is 214 g/mol. The van der Waals surface area contributed by atoms with Crippen LogP contribution in [0.3, 0.4) is 0 Å². The largest absolute Gasteiger partial charge is 0.481 e. The van der Waals surface area contributed by atoms with Gasteiger partial charge in [0.05, 0.1) is 12.8 Å². The van der Waals surface area contributed by atoms with Crippen molar-refractivity contribution in [3.8, 4) is 5.88 Å². The summed E-state index contributed by atoms with van der Waals surface area (Å²) in [6.07, 6.45) is 0. The molecule has 0 saturated carbocycles. The summed E-state index contributed by atoms with van der Waals surface area (Å²) in [7, 11) is 1.57. The molecule has 0 atom stereocenters. The van der Waals surface area contributed by atoms with Crippen LogP contribution in [-0.2, 0) is 0 Å². The first-order valence-electron chi connectivity index (χ1n) is 4.83. The number of nitrogens with two attached hydrogens (primary N) is 1. The second-order valence-electron chi connectivity index (χ2n) is 3.21. The van der Waals surface area contributed by atoms with Crippen LogP contribution in [0, 0.1) is 6.07 Å². The Labute approximate surface area is 94.1 Å². The Morgan fingerprint density at radius 1 is 1.38 bits per heavy atom. The first-order valence-corrected chi connectivity index (χ1v) is 4.83. The number of nitrogen functional groups attached to an aromatic ring is 1. The van der Waals surface area contributed by atoms with Crippen molar-refractivity contribution in [2.24, 2.45) is 0 Å². The smallest absolute Gasteiger partial charge is 0.215 e. The third-order valence-electron chi connectivity index (χ3n) is 2.08.